The third kappa shape index (κ3) is 3.95. The molecule has 1 atom stereocenters. The Morgan fingerprint density at radius 1 is 1.00 bits per heavy atom. The molecule has 1 heterocycles. The van der Waals surface area contributed by atoms with Crippen LogP contribution in [0.2, 0.25) is 0 Å². The van der Waals surface area contributed by atoms with Crippen molar-refractivity contribution in [2.24, 2.45) is 0 Å². The number of benzene rings is 2. The first-order valence-electron chi connectivity index (χ1n) is 7.37. The van der Waals surface area contributed by atoms with E-state index in [-0.39, 0.29) is 13.2 Å². The Balaban J connectivity index is 1.43. The van der Waals surface area contributed by atoms with E-state index in [9.17, 15) is 9.59 Å². The molecule has 0 unspecified atom stereocenters. The van der Waals surface area contributed by atoms with Crippen molar-refractivity contribution < 1.29 is 23.8 Å². The first-order chi connectivity index (χ1) is 11.7. The fraction of sp³-hybridized carbons (Fsp3) is 0.176. The number of carbonyl (C=O) groups is 2. The molecule has 0 aliphatic carbocycles. The minimum atomic E-state index is -0.838. The Morgan fingerprint density at radius 3 is 2.50 bits per heavy atom. The molecule has 0 fully saturated rings. The lowest BCUT2D eigenvalue weighted by atomic mass is 10.2. The van der Waals surface area contributed by atoms with Gasteiger partial charge in [-0.3, -0.25) is 20.4 Å². The quantitative estimate of drug-likeness (QED) is 0.820. The number of hydrogen-bond donors (Lipinski definition) is 2. The molecule has 0 saturated heterocycles. The van der Waals surface area contributed by atoms with E-state index >= 15 is 0 Å². The molecule has 0 radical (unpaired) electrons. The van der Waals surface area contributed by atoms with Crippen molar-refractivity contribution in [3.8, 4) is 17.2 Å². The van der Waals surface area contributed by atoms with Crippen LogP contribution in [0.3, 0.4) is 0 Å². The smallest absolute Gasteiger partial charge is 0.283 e. The number of hydrazine groups is 1. The molecule has 2 aromatic rings. The number of carbonyl (C=O) groups excluding carboxylic acids is 2. The Hall–Kier alpha value is -3.22. The van der Waals surface area contributed by atoms with Gasteiger partial charge in [-0.1, -0.05) is 30.3 Å². The summed E-state index contributed by atoms with van der Waals surface area (Å²) in [7, 11) is 0. The van der Waals surface area contributed by atoms with Gasteiger partial charge in [-0.15, -0.1) is 0 Å². The van der Waals surface area contributed by atoms with Crippen molar-refractivity contribution in [2.75, 3.05) is 13.2 Å². The molecule has 7 heteroatoms. The predicted octanol–water partition coefficient (Wildman–Crippen LogP) is 1.05. The van der Waals surface area contributed by atoms with Crippen LogP contribution in [0, 0.1) is 0 Å². The molecule has 1 aliphatic rings. The molecule has 2 N–H and O–H groups in total. The highest BCUT2D eigenvalue weighted by atomic mass is 16.6. The van der Waals surface area contributed by atoms with Crippen molar-refractivity contribution in [3.63, 3.8) is 0 Å². The summed E-state index contributed by atoms with van der Waals surface area (Å²) in [6, 6.07) is 16.0. The van der Waals surface area contributed by atoms with Gasteiger partial charge in [-0.2, -0.15) is 0 Å². The molecule has 0 saturated carbocycles. The summed E-state index contributed by atoms with van der Waals surface area (Å²) in [6.45, 7) is -0.144. The van der Waals surface area contributed by atoms with Crippen LogP contribution in [0.25, 0.3) is 0 Å². The summed E-state index contributed by atoms with van der Waals surface area (Å²) in [5, 5.41) is 0. The molecule has 24 heavy (non-hydrogen) atoms. The minimum Gasteiger partial charge on any atom is -0.485 e. The fourth-order valence-corrected chi connectivity index (χ4v) is 2.06. The second kappa shape index (κ2) is 7.36. The topological polar surface area (TPSA) is 85.9 Å². The van der Waals surface area contributed by atoms with E-state index in [1.54, 1.807) is 42.5 Å². The average Bonchev–Trinajstić information content (AvgIpc) is 2.65. The molecule has 2 amide bonds. The van der Waals surface area contributed by atoms with Gasteiger partial charge in [0.2, 0.25) is 6.10 Å². The van der Waals surface area contributed by atoms with Gasteiger partial charge < -0.3 is 14.2 Å². The van der Waals surface area contributed by atoms with Gasteiger partial charge in [0.25, 0.3) is 11.8 Å². The molecule has 0 aromatic heterocycles. The van der Waals surface area contributed by atoms with Crippen LogP contribution in [0.15, 0.2) is 54.6 Å². The zero-order valence-corrected chi connectivity index (χ0v) is 12.7. The Kier molecular flexibility index (Phi) is 4.81. The lowest BCUT2D eigenvalue weighted by Crippen LogP contribution is -2.51. The highest BCUT2D eigenvalue weighted by Crippen LogP contribution is 2.30. The number of para-hydroxylation sites is 3. The summed E-state index contributed by atoms with van der Waals surface area (Å²) in [5.41, 5.74) is 4.57. The van der Waals surface area contributed by atoms with Gasteiger partial charge in [0.15, 0.2) is 18.1 Å². The van der Waals surface area contributed by atoms with Gasteiger partial charge in [0.1, 0.15) is 12.4 Å². The largest absolute Gasteiger partial charge is 0.485 e. The fourth-order valence-electron chi connectivity index (χ4n) is 2.06. The zero-order valence-electron chi connectivity index (χ0n) is 12.7. The number of amides is 2. The van der Waals surface area contributed by atoms with E-state index in [1.807, 2.05) is 12.1 Å². The maximum Gasteiger partial charge on any atom is 0.283 e. The molecule has 3 rings (SSSR count). The van der Waals surface area contributed by atoms with E-state index < -0.39 is 17.9 Å². The lowest BCUT2D eigenvalue weighted by Gasteiger charge is -2.25. The van der Waals surface area contributed by atoms with Crippen molar-refractivity contribution in [1.82, 2.24) is 10.9 Å². The van der Waals surface area contributed by atoms with Crippen molar-refractivity contribution in [2.45, 2.75) is 6.10 Å². The summed E-state index contributed by atoms with van der Waals surface area (Å²) in [6.07, 6.45) is -0.838. The molecule has 0 bridgehead atoms. The molecular formula is C17H16N2O5. The summed E-state index contributed by atoms with van der Waals surface area (Å²) < 4.78 is 16.3. The Labute approximate surface area is 138 Å². The SMILES string of the molecule is O=C(COc1ccccc1)NNC(=O)[C@@H]1COc2ccccc2O1. The highest BCUT2D eigenvalue weighted by Gasteiger charge is 2.27. The first-order valence-corrected chi connectivity index (χ1v) is 7.37. The molecule has 2 aromatic carbocycles. The van der Waals surface area contributed by atoms with Crippen LogP contribution in [0.4, 0.5) is 0 Å². The van der Waals surface area contributed by atoms with Crippen LogP contribution in [0.1, 0.15) is 0 Å². The van der Waals surface area contributed by atoms with Crippen molar-refractivity contribution in [3.05, 3.63) is 54.6 Å². The Bertz CT molecular complexity index is 720. The highest BCUT2D eigenvalue weighted by molar-refractivity contribution is 5.85. The lowest BCUT2D eigenvalue weighted by molar-refractivity contribution is -0.135. The summed E-state index contributed by atoms with van der Waals surface area (Å²) in [5.74, 6) is 0.658. The van der Waals surface area contributed by atoms with Crippen LogP contribution in [0.5, 0.6) is 17.2 Å². The second-order valence-corrected chi connectivity index (χ2v) is 5.00. The Morgan fingerprint density at radius 2 is 1.71 bits per heavy atom. The number of ether oxygens (including phenoxy) is 3. The van der Waals surface area contributed by atoms with Crippen LogP contribution < -0.4 is 25.1 Å². The van der Waals surface area contributed by atoms with Gasteiger partial charge >= 0.3 is 0 Å². The van der Waals surface area contributed by atoms with Crippen LogP contribution >= 0.6 is 0 Å². The predicted molar refractivity (Wildman–Crippen MR) is 84.6 cm³/mol. The van der Waals surface area contributed by atoms with E-state index in [1.165, 1.54) is 0 Å². The van der Waals surface area contributed by atoms with Gasteiger partial charge in [-0.25, -0.2) is 0 Å². The van der Waals surface area contributed by atoms with E-state index in [0.717, 1.165) is 0 Å². The van der Waals surface area contributed by atoms with Crippen molar-refractivity contribution >= 4 is 11.8 Å². The molecule has 1 aliphatic heterocycles. The van der Waals surface area contributed by atoms with Crippen molar-refractivity contribution in [1.29, 1.82) is 0 Å². The van der Waals surface area contributed by atoms with Crippen LogP contribution in [-0.4, -0.2) is 31.1 Å². The third-order valence-electron chi connectivity index (χ3n) is 3.24. The van der Waals surface area contributed by atoms with E-state index in [0.29, 0.717) is 17.2 Å². The maximum absolute atomic E-state index is 12.0. The zero-order chi connectivity index (χ0) is 16.8. The van der Waals surface area contributed by atoms with Gasteiger partial charge in [0.05, 0.1) is 0 Å². The van der Waals surface area contributed by atoms with E-state index in [4.69, 9.17) is 14.2 Å². The summed E-state index contributed by atoms with van der Waals surface area (Å²) >= 11 is 0. The molecule has 0 spiro atoms. The average molecular weight is 328 g/mol. The molecular weight excluding hydrogens is 312 g/mol. The number of hydrogen-bond acceptors (Lipinski definition) is 5. The first kappa shape index (κ1) is 15.7. The monoisotopic (exact) mass is 328 g/mol. The van der Waals surface area contributed by atoms with Gasteiger partial charge in [0, 0.05) is 0 Å². The third-order valence-corrected chi connectivity index (χ3v) is 3.24. The molecule has 7 nitrogen and oxygen atoms in total. The number of fused-ring (bicyclic) bond motifs is 1. The number of rotatable bonds is 4. The maximum atomic E-state index is 12.0. The van der Waals surface area contributed by atoms with Crippen LogP contribution in [-0.2, 0) is 9.59 Å². The minimum absolute atomic E-state index is 0.0687. The second-order valence-electron chi connectivity index (χ2n) is 5.00. The normalized spacial score (nSPS) is 15.2. The number of nitrogens with one attached hydrogen (secondary N) is 2. The van der Waals surface area contributed by atoms with Gasteiger partial charge in [-0.05, 0) is 24.3 Å². The van der Waals surface area contributed by atoms with E-state index in [2.05, 4.69) is 10.9 Å². The molecule has 124 valence electrons. The standard InChI is InChI=1S/C17H16N2O5/c20-16(11-22-12-6-2-1-3-7-12)18-19-17(21)15-10-23-13-8-4-5-9-14(13)24-15/h1-9,15H,10-11H2,(H,18,20)(H,19,21)/t15-/m0/s1. The summed E-state index contributed by atoms with van der Waals surface area (Å²) in [4.78, 5) is 23.7.